The second kappa shape index (κ2) is 14.2. The van der Waals surface area contributed by atoms with Gasteiger partial charge in [-0.2, -0.15) is 0 Å². The minimum Gasteiger partial charge on any atom is -0.508 e. The Morgan fingerprint density at radius 3 is 2.00 bits per heavy atom. The first-order valence-corrected chi connectivity index (χ1v) is 12.4. The molecule has 3 aromatic rings. The van der Waals surface area contributed by atoms with Gasteiger partial charge in [0.1, 0.15) is 11.5 Å². The molecule has 186 valence electrons. The second-order valence-electron chi connectivity index (χ2n) is 7.96. The molecule has 37 heavy (non-hydrogen) atoms. The van der Waals surface area contributed by atoms with Gasteiger partial charge in [0.05, 0.1) is 13.2 Å². The summed E-state index contributed by atoms with van der Waals surface area (Å²) in [6, 6.07) is 21.0. The van der Waals surface area contributed by atoms with E-state index in [1.807, 2.05) is 48.5 Å². The van der Waals surface area contributed by atoms with E-state index < -0.39 is 0 Å². The number of benzene rings is 3. The fraction of sp³-hybridized carbons (Fsp3) is 0.161. The summed E-state index contributed by atoms with van der Waals surface area (Å²) in [4.78, 5) is 24.4. The van der Waals surface area contributed by atoms with Gasteiger partial charge in [0.15, 0.2) is 0 Å². The van der Waals surface area contributed by atoms with Crippen molar-refractivity contribution in [3.05, 3.63) is 102 Å². The van der Waals surface area contributed by atoms with Gasteiger partial charge in [-0.05, 0) is 116 Å². The van der Waals surface area contributed by atoms with Gasteiger partial charge < -0.3 is 14.6 Å². The molecule has 0 heterocycles. The molecule has 0 unspecified atom stereocenters. The van der Waals surface area contributed by atoms with Crippen LogP contribution in [0.3, 0.4) is 0 Å². The number of carbonyl (C=O) groups is 2. The highest BCUT2D eigenvalue weighted by molar-refractivity contribution is 8.14. The van der Waals surface area contributed by atoms with Crippen molar-refractivity contribution >= 4 is 22.8 Å². The Morgan fingerprint density at radius 1 is 0.838 bits per heavy atom. The van der Waals surface area contributed by atoms with Crippen molar-refractivity contribution in [2.75, 3.05) is 13.2 Å². The highest BCUT2D eigenvalue weighted by atomic mass is 32.2. The molecule has 0 saturated heterocycles. The highest BCUT2D eigenvalue weighted by Crippen LogP contribution is 2.24. The zero-order valence-corrected chi connectivity index (χ0v) is 21.3. The Kier molecular flexibility index (Phi) is 10.5. The molecule has 5 nitrogen and oxygen atoms in total. The molecule has 0 aliphatic carbocycles. The average Bonchev–Trinajstić information content (AvgIpc) is 2.90. The van der Waals surface area contributed by atoms with Gasteiger partial charge in [0.25, 0.3) is 0 Å². The maximum Gasteiger partial charge on any atom is 0.333 e. The lowest BCUT2D eigenvalue weighted by atomic mass is 10.2. The summed E-state index contributed by atoms with van der Waals surface area (Å²) in [5.41, 5.74) is 2.55. The summed E-state index contributed by atoms with van der Waals surface area (Å²) in [6.07, 6.45) is 1.50. The summed E-state index contributed by atoms with van der Waals surface area (Å²) in [6.45, 7) is 6.05. The smallest absolute Gasteiger partial charge is 0.333 e. The molecule has 0 fully saturated rings. The first-order chi connectivity index (χ1) is 17.9. The third kappa shape index (κ3) is 9.64. The van der Waals surface area contributed by atoms with Crippen molar-refractivity contribution < 1.29 is 24.2 Å². The number of phenols is 1. The summed E-state index contributed by atoms with van der Waals surface area (Å²) >= 11 is 1.12. The number of hydrogen-bond donors (Lipinski definition) is 1. The molecular formula is C31H26O5S. The normalized spacial score (nSPS) is 9.76. The van der Waals surface area contributed by atoms with Crippen LogP contribution >= 0.6 is 11.8 Å². The van der Waals surface area contributed by atoms with Crippen LogP contribution in [-0.2, 0) is 9.53 Å². The van der Waals surface area contributed by atoms with Gasteiger partial charge >= 0.3 is 5.97 Å². The van der Waals surface area contributed by atoms with Gasteiger partial charge in [0.2, 0.25) is 5.12 Å². The van der Waals surface area contributed by atoms with Crippen molar-refractivity contribution in [1.82, 2.24) is 0 Å². The molecule has 0 atom stereocenters. The molecule has 3 rings (SSSR count). The van der Waals surface area contributed by atoms with Gasteiger partial charge in [-0.25, -0.2) is 4.79 Å². The van der Waals surface area contributed by atoms with Crippen molar-refractivity contribution in [3.63, 3.8) is 0 Å². The van der Waals surface area contributed by atoms with Crippen LogP contribution in [0.2, 0.25) is 0 Å². The van der Waals surface area contributed by atoms with Crippen LogP contribution < -0.4 is 4.74 Å². The Hall–Kier alpha value is -4.39. The van der Waals surface area contributed by atoms with Crippen LogP contribution in [0.25, 0.3) is 0 Å². The van der Waals surface area contributed by atoms with E-state index in [1.54, 1.807) is 19.1 Å². The molecule has 3 aromatic carbocycles. The second-order valence-corrected chi connectivity index (χ2v) is 9.00. The molecule has 6 heteroatoms. The molecular weight excluding hydrogens is 484 g/mol. The van der Waals surface area contributed by atoms with Crippen LogP contribution in [-0.4, -0.2) is 29.4 Å². The monoisotopic (exact) mass is 510 g/mol. The van der Waals surface area contributed by atoms with Gasteiger partial charge in [-0.1, -0.05) is 18.4 Å². The van der Waals surface area contributed by atoms with E-state index in [9.17, 15) is 14.7 Å². The minimum absolute atomic E-state index is 0.0947. The number of thioether (sulfide) groups is 1. The Morgan fingerprint density at radius 2 is 1.41 bits per heavy atom. The lowest BCUT2D eigenvalue weighted by Gasteiger charge is -2.07. The van der Waals surface area contributed by atoms with Crippen LogP contribution in [0.1, 0.15) is 41.3 Å². The SMILES string of the molecule is C=C(C)C(=O)OCCCCOc1ccc(C#CC#Cc2ccc(SC(=O)c3ccc(O)cc3)cc2)cc1. The molecule has 0 aromatic heterocycles. The summed E-state index contributed by atoms with van der Waals surface area (Å²) < 4.78 is 10.7. The van der Waals surface area contributed by atoms with E-state index in [-0.39, 0.29) is 16.8 Å². The maximum atomic E-state index is 12.3. The van der Waals surface area contributed by atoms with Crippen LogP contribution in [0.15, 0.2) is 89.8 Å². The zero-order valence-electron chi connectivity index (χ0n) is 20.5. The summed E-state index contributed by atoms with van der Waals surface area (Å²) in [5, 5.41) is 9.24. The van der Waals surface area contributed by atoms with E-state index in [2.05, 4.69) is 30.3 Å². The number of hydrogen-bond acceptors (Lipinski definition) is 6. The quantitative estimate of drug-likeness (QED) is 0.125. The van der Waals surface area contributed by atoms with E-state index in [1.165, 1.54) is 12.1 Å². The maximum absolute atomic E-state index is 12.3. The van der Waals surface area contributed by atoms with Gasteiger partial charge in [-0.3, -0.25) is 4.79 Å². The Bertz CT molecular complexity index is 1350. The number of esters is 1. The summed E-state index contributed by atoms with van der Waals surface area (Å²) in [5.74, 6) is 12.2. The third-order valence-corrected chi connectivity index (χ3v) is 5.82. The predicted octanol–water partition coefficient (Wildman–Crippen LogP) is 6.01. The average molecular weight is 511 g/mol. The number of phenolic OH excluding ortho intramolecular Hbond substituents is 1. The number of unbranched alkanes of at least 4 members (excludes halogenated alkanes) is 1. The molecule has 0 spiro atoms. The van der Waals surface area contributed by atoms with Crippen LogP contribution in [0.5, 0.6) is 11.5 Å². The summed E-state index contributed by atoms with van der Waals surface area (Å²) in [7, 11) is 0. The van der Waals surface area contributed by atoms with Crippen molar-refractivity contribution in [1.29, 1.82) is 0 Å². The zero-order chi connectivity index (χ0) is 26.5. The molecule has 0 bridgehead atoms. The van der Waals surface area contributed by atoms with Crippen LogP contribution in [0, 0.1) is 23.7 Å². The molecule has 1 N–H and O–H groups in total. The van der Waals surface area contributed by atoms with Gasteiger partial charge in [0, 0.05) is 27.2 Å². The fourth-order valence-electron chi connectivity index (χ4n) is 2.89. The van der Waals surface area contributed by atoms with E-state index in [0.29, 0.717) is 24.4 Å². The molecule has 0 aliphatic heterocycles. The van der Waals surface area contributed by atoms with Crippen molar-refractivity contribution in [2.45, 2.75) is 24.7 Å². The first kappa shape index (κ1) is 27.2. The fourth-order valence-corrected chi connectivity index (χ4v) is 3.63. The van der Waals surface area contributed by atoms with Crippen molar-refractivity contribution in [3.8, 4) is 35.2 Å². The van der Waals surface area contributed by atoms with Crippen LogP contribution in [0.4, 0.5) is 0 Å². The third-order valence-electron chi connectivity index (χ3n) is 4.89. The molecule has 0 aliphatic rings. The van der Waals surface area contributed by atoms with Gasteiger partial charge in [-0.15, -0.1) is 0 Å². The predicted molar refractivity (Wildman–Crippen MR) is 145 cm³/mol. The topological polar surface area (TPSA) is 72.8 Å². The number of ether oxygens (including phenoxy) is 2. The lowest BCUT2D eigenvalue weighted by molar-refractivity contribution is -0.139. The minimum atomic E-state index is -0.366. The Balaban J connectivity index is 1.41. The number of rotatable bonds is 9. The van der Waals surface area contributed by atoms with Crippen molar-refractivity contribution in [2.24, 2.45) is 0 Å². The molecule has 0 saturated carbocycles. The van der Waals surface area contributed by atoms with E-state index in [4.69, 9.17) is 9.47 Å². The number of aromatic hydroxyl groups is 1. The highest BCUT2D eigenvalue weighted by Gasteiger charge is 2.08. The lowest BCUT2D eigenvalue weighted by Crippen LogP contribution is -2.07. The Labute approximate surface area is 221 Å². The van der Waals surface area contributed by atoms with E-state index in [0.717, 1.165) is 46.4 Å². The first-order valence-electron chi connectivity index (χ1n) is 11.6. The van der Waals surface area contributed by atoms with E-state index >= 15 is 0 Å². The molecule has 0 amide bonds. The number of carbonyl (C=O) groups excluding carboxylic acids is 2. The standard InChI is InChI=1S/C31H26O5S/c1-23(2)30(33)36-22-6-5-21-35-28-17-9-24(10-18-28)7-3-4-8-25-11-19-29(20-12-25)37-31(34)26-13-15-27(32)16-14-26/h9-20,32H,1,5-6,21-22H2,2H3. The molecule has 0 radical (unpaired) electrons. The largest absolute Gasteiger partial charge is 0.508 e.